The first-order valence-corrected chi connectivity index (χ1v) is 4.87. The SMILES string of the molecule is Clc1cn2ncc(I)c2nc1Cl. The molecule has 0 unspecified atom stereocenters. The van der Waals surface area contributed by atoms with Crippen molar-refractivity contribution in [3.63, 3.8) is 0 Å². The van der Waals surface area contributed by atoms with Crippen LogP contribution in [-0.2, 0) is 0 Å². The van der Waals surface area contributed by atoms with E-state index in [1.165, 1.54) is 0 Å². The molecule has 0 saturated heterocycles. The van der Waals surface area contributed by atoms with Crippen LogP contribution in [0.4, 0.5) is 0 Å². The minimum absolute atomic E-state index is 0.308. The van der Waals surface area contributed by atoms with Crippen molar-refractivity contribution >= 4 is 51.4 Å². The largest absolute Gasteiger partial charge is 0.220 e. The Morgan fingerprint density at radius 2 is 2.17 bits per heavy atom. The van der Waals surface area contributed by atoms with Crippen LogP contribution in [0.25, 0.3) is 5.65 Å². The highest BCUT2D eigenvalue weighted by atomic mass is 127. The maximum absolute atomic E-state index is 5.74. The molecule has 0 spiro atoms. The normalized spacial score (nSPS) is 10.9. The monoisotopic (exact) mass is 313 g/mol. The molecule has 0 N–H and O–H groups in total. The molecule has 12 heavy (non-hydrogen) atoms. The van der Waals surface area contributed by atoms with Gasteiger partial charge < -0.3 is 0 Å². The lowest BCUT2D eigenvalue weighted by atomic mass is 10.6. The Hall–Kier alpha value is -0.0700. The second-order valence-electron chi connectivity index (χ2n) is 2.14. The number of aromatic nitrogens is 3. The predicted molar refractivity (Wildman–Crippen MR) is 55.7 cm³/mol. The van der Waals surface area contributed by atoms with E-state index >= 15 is 0 Å². The molecular weight excluding hydrogens is 312 g/mol. The summed E-state index contributed by atoms with van der Waals surface area (Å²) in [5.41, 5.74) is 0.727. The molecule has 0 aliphatic heterocycles. The molecule has 2 rings (SSSR count). The fraction of sp³-hybridized carbons (Fsp3) is 0. The summed E-state index contributed by atoms with van der Waals surface area (Å²) in [6, 6.07) is 0. The van der Waals surface area contributed by atoms with E-state index in [9.17, 15) is 0 Å². The summed E-state index contributed by atoms with van der Waals surface area (Å²) in [5, 5.41) is 4.74. The van der Waals surface area contributed by atoms with Crippen LogP contribution >= 0.6 is 45.8 Å². The molecule has 62 valence electrons. The van der Waals surface area contributed by atoms with Crippen LogP contribution in [0, 0.1) is 3.57 Å². The number of hydrogen-bond donors (Lipinski definition) is 0. The number of fused-ring (bicyclic) bond motifs is 1. The van der Waals surface area contributed by atoms with Gasteiger partial charge in [0.15, 0.2) is 10.8 Å². The van der Waals surface area contributed by atoms with Gasteiger partial charge in [-0.1, -0.05) is 23.2 Å². The lowest BCUT2D eigenvalue weighted by Gasteiger charge is -1.95. The second-order valence-corrected chi connectivity index (χ2v) is 4.07. The Bertz CT molecular complexity index is 440. The first-order valence-electron chi connectivity index (χ1n) is 3.03. The molecule has 2 aromatic heterocycles. The zero-order valence-electron chi connectivity index (χ0n) is 5.63. The van der Waals surface area contributed by atoms with Crippen molar-refractivity contribution in [3.05, 3.63) is 26.1 Å². The third-order valence-corrected chi connectivity index (χ3v) is 2.79. The van der Waals surface area contributed by atoms with Crippen LogP contribution in [0.5, 0.6) is 0 Å². The van der Waals surface area contributed by atoms with Gasteiger partial charge in [0.25, 0.3) is 0 Å². The molecule has 6 heteroatoms. The van der Waals surface area contributed by atoms with Gasteiger partial charge in [-0.3, -0.25) is 0 Å². The van der Waals surface area contributed by atoms with Crippen LogP contribution in [0.2, 0.25) is 10.2 Å². The van der Waals surface area contributed by atoms with Crippen molar-refractivity contribution in [1.29, 1.82) is 0 Å². The molecule has 0 amide bonds. The zero-order valence-corrected chi connectivity index (χ0v) is 9.30. The summed E-state index contributed by atoms with van der Waals surface area (Å²) in [6.07, 6.45) is 3.34. The van der Waals surface area contributed by atoms with Crippen LogP contribution in [0.15, 0.2) is 12.4 Å². The quantitative estimate of drug-likeness (QED) is 0.553. The van der Waals surface area contributed by atoms with Gasteiger partial charge in [-0.25, -0.2) is 9.50 Å². The smallest absolute Gasteiger partial charge is 0.170 e. The first kappa shape index (κ1) is 8.52. The van der Waals surface area contributed by atoms with Gasteiger partial charge in [0, 0.05) is 0 Å². The third kappa shape index (κ3) is 1.27. The molecule has 0 radical (unpaired) electrons. The standard InChI is InChI=1S/C6H2Cl2IN3/c7-3-2-12-6(11-5(3)8)4(9)1-10-12/h1-2H. The molecule has 0 aromatic carbocycles. The second kappa shape index (κ2) is 3.01. The van der Waals surface area contributed by atoms with E-state index < -0.39 is 0 Å². The van der Waals surface area contributed by atoms with E-state index in [-0.39, 0.29) is 0 Å². The maximum Gasteiger partial charge on any atom is 0.170 e. The van der Waals surface area contributed by atoms with E-state index in [1.54, 1.807) is 16.9 Å². The summed E-state index contributed by atoms with van der Waals surface area (Å²) in [7, 11) is 0. The summed E-state index contributed by atoms with van der Waals surface area (Å²) in [5.74, 6) is 0. The topological polar surface area (TPSA) is 30.2 Å². The van der Waals surface area contributed by atoms with Gasteiger partial charge >= 0.3 is 0 Å². The Labute approximate surface area is 91.8 Å². The molecule has 0 atom stereocenters. The molecule has 0 saturated carbocycles. The number of rotatable bonds is 0. The lowest BCUT2D eigenvalue weighted by Crippen LogP contribution is -1.90. The highest BCUT2D eigenvalue weighted by Gasteiger charge is 2.06. The zero-order chi connectivity index (χ0) is 8.72. The Balaban J connectivity index is 2.87. The average molecular weight is 314 g/mol. The van der Waals surface area contributed by atoms with E-state index in [2.05, 4.69) is 32.7 Å². The highest BCUT2D eigenvalue weighted by Crippen LogP contribution is 2.21. The summed E-state index contributed by atoms with van der Waals surface area (Å²) in [4.78, 5) is 4.06. The Morgan fingerprint density at radius 3 is 2.92 bits per heavy atom. The van der Waals surface area contributed by atoms with Crippen molar-refractivity contribution in [2.24, 2.45) is 0 Å². The fourth-order valence-corrected chi connectivity index (χ4v) is 1.60. The van der Waals surface area contributed by atoms with Crippen molar-refractivity contribution in [2.45, 2.75) is 0 Å². The third-order valence-electron chi connectivity index (χ3n) is 1.36. The van der Waals surface area contributed by atoms with Crippen LogP contribution < -0.4 is 0 Å². The predicted octanol–water partition coefficient (Wildman–Crippen LogP) is 2.64. The molecule has 3 nitrogen and oxygen atoms in total. The van der Waals surface area contributed by atoms with E-state index in [0.29, 0.717) is 10.2 Å². The summed E-state index contributed by atoms with van der Waals surface area (Å²) < 4.78 is 2.54. The van der Waals surface area contributed by atoms with Gasteiger partial charge in [-0.05, 0) is 22.6 Å². The van der Waals surface area contributed by atoms with E-state index in [0.717, 1.165) is 9.22 Å². The van der Waals surface area contributed by atoms with Gasteiger partial charge in [0.05, 0.1) is 21.0 Å². The van der Waals surface area contributed by atoms with Crippen molar-refractivity contribution < 1.29 is 0 Å². The number of halogens is 3. The molecule has 2 heterocycles. The number of hydrogen-bond acceptors (Lipinski definition) is 2. The van der Waals surface area contributed by atoms with Crippen LogP contribution in [-0.4, -0.2) is 14.6 Å². The van der Waals surface area contributed by atoms with Crippen molar-refractivity contribution in [3.8, 4) is 0 Å². The van der Waals surface area contributed by atoms with E-state index in [4.69, 9.17) is 23.2 Å². The number of nitrogens with zero attached hydrogens (tertiary/aromatic N) is 3. The minimum atomic E-state index is 0.308. The highest BCUT2D eigenvalue weighted by molar-refractivity contribution is 14.1. The van der Waals surface area contributed by atoms with Crippen molar-refractivity contribution in [1.82, 2.24) is 14.6 Å². The molecule has 0 fully saturated rings. The molecule has 0 aliphatic carbocycles. The van der Waals surface area contributed by atoms with Gasteiger partial charge in [-0.15, -0.1) is 0 Å². The fourth-order valence-electron chi connectivity index (χ4n) is 0.841. The van der Waals surface area contributed by atoms with Crippen LogP contribution in [0.3, 0.4) is 0 Å². The summed E-state index contributed by atoms with van der Waals surface area (Å²) >= 11 is 13.6. The molecule has 2 aromatic rings. The average Bonchev–Trinajstić information content (AvgIpc) is 2.35. The van der Waals surface area contributed by atoms with E-state index in [1.807, 2.05) is 0 Å². The van der Waals surface area contributed by atoms with Crippen LogP contribution in [0.1, 0.15) is 0 Å². The minimum Gasteiger partial charge on any atom is -0.220 e. The first-order chi connectivity index (χ1) is 5.68. The molecular formula is C6H2Cl2IN3. The molecule has 0 aliphatic rings. The Kier molecular flexibility index (Phi) is 2.14. The summed E-state index contributed by atoms with van der Waals surface area (Å²) in [6.45, 7) is 0. The van der Waals surface area contributed by atoms with Gasteiger partial charge in [-0.2, -0.15) is 5.10 Å². The van der Waals surface area contributed by atoms with Gasteiger partial charge in [0.2, 0.25) is 0 Å². The molecule has 0 bridgehead atoms. The van der Waals surface area contributed by atoms with Gasteiger partial charge in [0.1, 0.15) is 0 Å². The lowest BCUT2D eigenvalue weighted by molar-refractivity contribution is 0.940. The van der Waals surface area contributed by atoms with Crippen molar-refractivity contribution in [2.75, 3.05) is 0 Å². The maximum atomic E-state index is 5.74. The Morgan fingerprint density at radius 1 is 1.42 bits per heavy atom.